The molecular formula is C21H23N3O2S2. The molecule has 0 unspecified atom stereocenters. The van der Waals surface area contributed by atoms with Gasteiger partial charge in [-0.3, -0.25) is 14.9 Å². The number of carbonyl (C=O) groups is 2. The van der Waals surface area contributed by atoms with Crippen LogP contribution in [0, 0.1) is 5.92 Å². The quantitative estimate of drug-likeness (QED) is 0.584. The van der Waals surface area contributed by atoms with Gasteiger partial charge >= 0.3 is 0 Å². The number of nitrogens with zero attached hydrogens (tertiary/aromatic N) is 1. The Labute approximate surface area is 174 Å². The van der Waals surface area contributed by atoms with Gasteiger partial charge in [-0.25, -0.2) is 0 Å². The van der Waals surface area contributed by atoms with E-state index in [4.69, 9.17) is 12.2 Å². The molecule has 0 spiro atoms. The second-order valence-corrected chi connectivity index (χ2v) is 8.20. The van der Waals surface area contributed by atoms with Crippen molar-refractivity contribution in [2.75, 3.05) is 18.4 Å². The first kappa shape index (κ1) is 20.2. The lowest BCUT2D eigenvalue weighted by Crippen LogP contribution is -2.39. The zero-order valence-electron chi connectivity index (χ0n) is 15.7. The molecule has 1 saturated heterocycles. The molecular weight excluding hydrogens is 390 g/mol. The molecule has 0 bridgehead atoms. The summed E-state index contributed by atoms with van der Waals surface area (Å²) in [6.45, 7) is 3.75. The molecule has 1 aromatic carbocycles. The van der Waals surface area contributed by atoms with E-state index in [0.717, 1.165) is 30.8 Å². The minimum absolute atomic E-state index is 0.0123. The number of anilines is 1. The maximum atomic E-state index is 12.9. The van der Waals surface area contributed by atoms with Gasteiger partial charge in [0.15, 0.2) is 5.11 Å². The van der Waals surface area contributed by atoms with Crippen molar-refractivity contribution in [3.8, 4) is 0 Å². The summed E-state index contributed by atoms with van der Waals surface area (Å²) in [5, 5.41) is 7.71. The highest BCUT2D eigenvalue weighted by atomic mass is 32.1. The highest BCUT2D eigenvalue weighted by Gasteiger charge is 2.23. The van der Waals surface area contributed by atoms with Crippen LogP contribution in [0.2, 0.25) is 0 Å². The van der Waals surface area contributed by atoms with Gasteiger partial charge in [-0.2, -0.15) is 0 Å². The van der Waals surface area contributed by atoms with Crippen molar-refractivity contribution < 1.29 is 9.59 Å². The summed E-state index contributed by atoms with van der Waals surface area (Å²) >= 11 is 6.79. The summed E-state index contributed by atoms with van der Waals surface area (Å²) in [6.07, 6.45) is 5.21. The number of carbonyl (C=O) groups excluding carboxylic acids is 2. The molecule has 7 heteroatoms. The van der Waals surface area contributed by atoms with Crippen LogP contribution in [0.15, 0.2) is 47.9 Å². The third kappa shape index (κ3) is 5.50. The fourth-order valence-corrected chi connectivity index (χ4v) is 3.84. The molecule has 3 rings (SSSR count). The highest BCUT2D eigenvalue weighted by molar-refractivity contribution is 7.80. The number of rotatable bonds is 4. The molecule has 1 aliphatic rings. The Balaban J connectivity index is 1.61. The molecule has 0 saturated carbocycles. The minimum Gasteiger partial charge on any atom is -0.339 e. The Morgan fingerprint density at radius 2 is 1.93 bits per heavy atom. The van der Waals surface area contributed by atoms with E-state index >= 15 is 0 Å². The Morgan fingerprint density at radius 3 is 2.64 bits per heavy atom. The lowest BCUT2D eigenvalue weighted by molar-refractivity contribution is -0.115. The maximum absolute atomic E-state index is 12.9. The van der Waals surface area contributed by atoms with E-state index in [1.54, 1.807) is 29.5 Å². The van der Waals surface area contributed by atoms with Crippen LogP contribution in [0.5, 0.6) is 0 Å². The molecule has 28 heavy (non-hydrogen) atoms. The Morgan fingerprint density at radius 1 is 1.18 bits per heavy atom. The van der Waals surface area contributed by atoms with Gasteiger partial charge in [0.1, 0.15) is 0 Å². The number of likely N-dealkylation sites (tertiary alicyclic amines) is 1. The third-order valence-electron chi connectivity index (χ3n) is 4.66. The van der Waals surface area contributed by atoms with Gasteiger partial charge in [0, 0.05) is 24.0 Å². The first-order valence-electron chi connectivity index (χ1n) is 9.25. The van der Waals surface area contributed by atoms with Gasteiger partial charge in [-0.15, -0.1) is 11.3 Å². The summed E-state index contributed by atoms with van der Waals surface area (Å²) in [5.41, 5.74) is 1.15. The first-order valence-corrected chi connectivity index (χ1v) is 10.5. The predicted octanol–water partition coefficient (Wildman–Crippen LogP) is 4.15. The largest absolute Gasteiger partial charge is 0.339 e. The van der Waals surface area contributed by atoms with Crippen LogP contribution in [0.25, 0.3) is 6.08 Å². The molecule has 0 radical (unpaired) electrons. The molecule has 2 aromatic rings. The second-order valence-electron chi connectivity index (χ2n) is 6.81. The SMILES string of the molecule is CC1CCN(C(=O)c2ccccc2NC(=S)NC(=O)/C=C/c2cccs2)CC1. The van der Waals surface area contributed by atoms with Crippen LogP contribution >= 0.6 is 23.6 Å². The van der Waals surface area contributed by atoms with Crippen LogP contribution in [0.1, 0.15) is 35.0 Å². The Bertz CT molecular complexity index is 870. The van der Waals surface area contributed by atoms with Crippen molar-refractivity contribution in [1.82, 2.24) is 10.2 Å². The van der Waals surface area contributed by atoms with E-state index in [1.807, 2.05) is 34.5 Å². The molecule has 1 aromatic heterocycles. The Hall–Kier alpha value is -2.51. The van der Waals surface area contributed by atoms with E-state index in [0.29, 0.717) is 17.2 Å². The average Bonchev–Trinajstić information content (AvgIpc) is 3.20. The molecule has 0 atom stereocenters. The smallest absolute Gasteiger partial charge is 0.255 e. The summed E-state index contributed by atoms with van der Waals surface area (Å²) in [7, 11) is 0. The van der Waals surface area contributed by atoms with Crippen molar-refractivity contribution in [3.05, 3.63) is 58.3 Å². The van der Waals surface area contributed by atoms with Crippen molar-refractivity contribution >= 4 is 52.2 Å². The standard InChI is InChI=1S/C21H23N3O2S2/c1-15-10-12-24(13-11-15)20(26)17-6-2-3-7-18(17)22-21(27)23-19(25)9-8-16-5-4-14-28-16/h2-9,14-15H,10-13H2,1H3,(H2,22,23,25,27)/b9-8+. The third-order valence-corrected chi connectivity index (χ3v) is 5.70. The summed E-state index contributed by atoms with van der Waals surface area (Å²) in [4.78, 5) is 27.8. The number of thiophene rings is 1. The molecule has 1 fully saturated rings. The lowest BCUT2D eigenvalue weighted by Gasteiger charge is -2.30. The summed E-state index contributed by atoms with van der Waals surface area (Å²) in [6, 6.07) is 11.1. The number of benzene rings is 1. The predicted molar refractivity (Wildman–Crippen MR) is 118 cm³/mol. The molecule has 0 aliphatic carbocycles. The molecule has 146 valence electrons. The van der Waals surface area contributed by atoms with Gasteiger partial charge in [0.2, 0.25) is 5.91 Å². The number of thiocarbonyl (C=S) groups is 1. The van der Waals surface area contributed by atoms with E-state index < -0.39 is 0 Å². The molecule has 2 heterocycles. The normalized spacial score (nSPS) is 14.8. The molecule has 1 aliphatic heterocycles. The number of para-hydroxylation sites is 1. The van der Waals surface area contributed by atoms with Crippen LogP contribution in [0.3, 0.4) is 0 Å². The number of amides is 2. The van der Waals surface area contributed by atoms with E-state index in [9.17, 15) is 9.59 Å². The fourth-order valence-electron chi connectivity index (χ4n) is 3.01. The number of nitrogens with one attached hydrogen (secondary N) is 2. The van der Waals surface area contributed by atoms with Gasteiger partial charge in [-0.05, 0) is 60.6 Å². The summed E-state index contributed by atoms with van der Waals surface area (Å²) < 4.78 is 0. The zero-order chi connectivity index (χ0) is 19.9. The van der Waals surface area contributed by atoms with Crippen LogP contribution < -0.4 is 10.6 Å². The average molecular weight is 414 g/mol. The Kier molecular flexibility index (Phi) is 6.95. The van der Waals surface area contributed by atoms with Crippen LogP contribution in [-0.4, -0.2) is 34.9 Å². The van der Waals surface area contributed by atoms with Gasteiger partial charge in [0.25, 0.3) is 5.91 Å². The lowest BCUT2D eigenvalue weighted by atomic mass is 9.98. The number of hydrogen-bond acceptors (Lipinski definition) is 4. The van der Waals surface area contributed by atoms with Gasteiger partial charge in [0.05, 0.1) is 11.3 Å². The maximum Gasteiger partial charge on any atom is 0.255 e. The van der Waals surface area contributed by atoms with E-state index in [1.165, 1.54) is 6.08 Å². The van der Waals surface area contributed by atoms with Crippen molar-refractivity contribution in [2.45, 2.75) is 19.8 Å². The number of hydrogen-bond donors (Lipinski definition) is 2. The van der Waals surface area contributed by atoms with Crippen molar-refractivity contribution in [3.63, 3.8) is 0 Å². The van der Waals surface area contributed by atoms with E-state index in [-0.39, 0.29) is 16.9 Å². The fraction of sp³-hybridized carbons (Fsp3) is 0.286. The summed E-state index contributed by atoms with van der Waals surface area (Å²) in [5.74, 6) is 0.323. The first-order chi connectivity index (χ1) is 13.5. The van der Waals surface area contributed by atoms with E-state index in [2.05, 4.69) is 17.6 Å². The van der Waals surface area contributed by atoms with Gasteiger partial charge < -0.3 is 10.2 Å². The zero-order valence-corrected chi connectivity index (χ0v) is 17.3. The van der Waals surface area contributed by atoms with Crippen molar-refractivity contribution in [1.29, 1.82) is 0 Å². The second kappa shape index (κ2) is 9.61. The van der Waals surface area contributed by atoms with Gasteiger partial charge in [-0.1, -0.05) is 25.1 Å². The molecule has 5 nitrogen and oxygen atoms in total. The molecule has 2 N–H and O–H groups in total. The van der Waals surface area contributed by atoms with Crippen molar-refractivity contribution in [2.24, 2.45) is 5.92 Å². The molecule has 2 amide bonds. The van der Waals surface area contributed by atoms with Crippen LogP contribution in [-0.2, 0) is 4.79 Å². The minimum atomic E-state index is -0.320. The monoisotopic (exact) mass is 413 g/mol. The van der Waals surface area contributed by atoms with Crippen LogP contribution in [0.4, 0.5) is 5.69 Å². The highest BCUT2D eigenvalue weighted by Crippen LogP contribution is 2.22. The topological polar surface area (TPSA) is 61.4 Å². The number of piperidine rings is 1.